The predicted molar refractivity (Wildman–Crippen MR) is 98.8 cm³/mol. The monoisotopic (exact) mass is 357 g/mol. The summed E-state index contributed by atoms with van der Waals surface area (Å²) in [6.45, 7) is 2.33. The second kappa shape index (κ2) is 10.1. The summed E-state index contributed by atoms with van der Waals surface area (Å²) < 4.78 is 10.6. The van der Waals surface area contributed by atoms with Gasteiger partial charge in [0.2, 0.25) is 5.91 Å². The summed E-state index contributed by atoms with van der Waals surface area (Å²) in [5.41, 5.74) is 1.63. The molecule has 0 bridgehead atoms. The van der Waals surface area contributed by atoms with E-state index in [4.69, 9.17) is 14.6 Å². The molecular formula is C20H23NO5. The van der Waals surface area contributed by atoms with Crippen LogP contribution in [0.2, 0.25) is 0 Å². The average molecular weight is 357 g/mol. The highest BCUT2D eigenvalue weighted by Gasteiger charge is 2.06. The standard InChI is InChI=1S/C20H23NO5/c1-2-12-25-17-9-6-15(7-10-17)8-11-19(22)21-16-4-3-5-18(13-16)26-14-20(23)24/h3-7,9-10,13H,2,8,11-12,14H2,1H3,(H,21,22)(H,23,24). The van der Waals surface area contributed by atoms with E-state index in [9.17, 15) is 9.59 Å². The molecule has 6 nitrogen and oxygen atoms in total. The van der Waals surface area contributed by atoms with E-state index < -0.39 is 12.6 Å². The van der Waals surface area contributed by atoms with Crippen molar-refractivity contribution in [3.63, 3.8) is 0 Å². The van der Waals surface area contributed by atoms with Crippen LogP contribution < -0.4 is 14.8 Å². The second-order valence-electron chi connectivity index (χ2n) is 5.75. The van der Waals surface area contributed by atoms with Gasteiger partial charge in [0.05, 0.1) is 6.61 Å². The van der Waals surface area contributed by atoms with E-state index in [1.54, 1.807) is 24.3 Å². The predicted octanol–water partition coefficient (Wildman–Crippen LogP) is 3.51. The summed E-state index contributed by atoms with van der Waals surface area (Å²) in [7, 11) is 0. The molecule has 26 heavy (non-hydrogen) atoms. The Balaban J connectivity index is 1.81. The van der Waals surface area contributed by atoms with Gasteiger partial charge in [-0.2, -0.15) is 0 Å². The lowest BCUT2D eigenvalue weighted by molar-refractivity contribution is -0.139. The number of hydrogen-bond acceptors (Lipinski definition) is 4. The maximum absolute atomic E-state index is 12.1. The summed E-state index contributed by atoms with van der Waals surface area (Å²) in [5.74, 6) is 0.0586. The Morgan fingerprint density at radius 3 is 2.50 bits per heavy atom. The molecular weight excluding hydrogens is 334 g/mol. The minimum atomic E-state index is -1.05. The highest BCUT2D eigenvalue weighted by atomic mass is 16.5. The molecule has 0 fully saturated rings. The van der Waals surface area contributed by atoms with Crippen LogP contribution in [0, 0.1) is 0 Å². The molecule has 0 aliphatic heterocycles. The van der Waals surface area contributed by atoms with Crippen molar-refractivity contribution in [3.8, 4) is 11.5 Å². The van der Waals surface area contributed by atoms with Crippen molar-refractivity contribution in [1.29, 1.82) is 0 Å². The Kier molecular flexibility index (Phi) is 7.49. The molecule has 0 spiro atoms. The van der Waals surface area contributed by atoms with E-state index in [1.807, 2.05) is 24.3 Å². The molecule has 6 heteroatoms. The molecule has 0 radical (unpaired) electrons. The molecule has 0 aromatic heterocycles. The van der Waals surface area contributed by atoms with Crippen LogP contribution in [0.5, 0.6) is 11.5 Å². The minimum Gasteiger partial charge on any atom is -0.494 e. The molecule has 0 saturated heterocycles. The molecule has 138 valence electrons. The quantitative estimate of drug-likeness (QED) is 0.680. The highest BCUT2D eigenvalue weighted by Crippen LogP contribution is 2.18. The first kappa shape index (κ1) is 19.3. The van der Waals surface area contributed by atoms with Crippen LogP contribution in [-0.4, -0.2) is 30.2 Å². The number of carboxylic acid groups (broad SMARTS) is 1. The lowest BCUT2D eigenvalue weighted by Crippen LogP contribution is -2.13. The number of aryl methyl sites for hydroxylation is 1. The van der Waals surface area contributed by atoms with Crippen molar-refractivity contribution in [1.82, 2.24) is 0 Å². The normalized spacial score (nSPS) is 10.2. The van der Waals surface area contributed by atoms with Gasteiger partial charge in [0.15, 0.2) is 6.61 Å². The Bertz CT molecular complexity index is 727. The molecule has 2 aromatic carbocycles. The smallest absolute Gasteiger partial charge is 0.341 e. The number of amides is 1. The molecule has 0 aliphatic carbocycles. The van der Waals surface area contributed by atoms with Crippen molar-refractivity contribution in [3.05, 3.63) is 54.1 Å². The number of benzene rings is 2. The Morgan fingerprint density at radius 1 is 1.04 bits per heavy atom. The molecule has 2 aromatic rings. The fraction of sp³-hybridized carbons (Fsp3) is 0.300. The zero-order valence-electron chi connectivity index (χ0n) is 14.7. The van der Waals surface area contributed by atoms with Crippen LogP contribution in [0.4, 0.5) is 5.69 Å². The average Bonchev–Trinajstić information content (AvgIpc) is 2.64. The number of carboxylic acids is 1. The van der Waals surface area contributed by atoms with Gasteiger partial charge in [0.1, 0.15) is 11.5 Å². The van der Waals surface area contributed by atoms with Crippen molar-refractivity contribution < 1.29 is 24.2 Å². The van der Waals surface area contributed by atoms with Gasteiger partial charge in [0, 0.05) is 18.2 Å². The van der Waals surface area contributed by atoms with Crippen molar-refractivity contribution in [2.24, 2.45) is 0 Å². The van der Waals surface area contributed by atoms with E-state index in [0.29, 0.717) is 30.9 Å². The van der Waals surface area contributed by atoms with Gasteiger partial charge in [0.25, 0.3) is 0 Å². The number of carbonyl (C=O) groups is 2. The third-order valence-corrected chi connectivity index (χ3v) is 3.52. The summed E-state index contributed by atoms with van der Waals surface area (Å²) in [5, 5.41) is 11.4. The Labute approximate surface area is 152 Å². The number of hydrogen-bond donors (Lipinski definition) is 2. The van der Waals surface area contributed by atoms with E-state index in [0.717, 1.165) is 17.7 Å². The SMILES string of the molecule is CCCOc1ccc(CCC(=O)Nc2cccc(OCC(=O)O)c2)cc1. The van der Waals surface area contributed by atoms with Crippen LogP contribution in [0.25, 0.3) is 0 Å². The molecule has 2 rings (SSSR count). The third-order valence-electron chi connectivity index (χ3n) is 3.52. The first-order chi connectivity index (χ1) is 12.6. The summed E-state index contributed by atoms with van der Waals surface area (Å²) in [6.07, 6.45) is 1.93. The van der Waals surface area contributed by atoms with Gasteiger partial charge < -0.3 is 19.9 Å². The van der Waals surface area contributed by atoms with Crippen LogP contribution in [-0.2, 0) is 16.0 Å². The number of ether oxygens (including phenoxy) is 2. The summed E-state index contributed by atoms with van der Waals surface area (Å²) >= 11 is 0. The van der Waals surface area contributed by atoms with E-state index in [-0.39, 0.29) is 5.91 Å². The Morgan fingerprint density at radius 2 is 1.81 bits per heavy atom. The van der Waals surface area contributed by atoms with Crippen molar-refractivity contribution in [2.75, 3.05) is 18.5 Å². The number of anilines is 1. The summed E-state index contributed by atoms with van der Waals surface area (Å²) in [6, 6.07) is 14.4. The van der Waals surface area contributed by atoms with Gasteiger partial charge in [-0.25, -0.2) is 4.79 Å². The molecule has 0 unspecified atom stereocenters. The Hall–Kier alpha value is -3.02. The van der Waals surface area contributed by atoms with Crippen LogP contribution in [0.15, 0.2) is 48.5 Å². The van der Waals surface area contributed by atoms with Crippen molar-refractivity contribution >= 4 is 17.6 Å². The first-order valence-electron chi connectivity index (χ1n) is 8.53. The molecule has 1 amide bonds. The first-order valence-corrected chi connectivity index (χ1v) is 8.53. The van der Waals surface area contributed by atoms with Gasteiger partial charge in [-0.05, 0) is 42.7 Å². The van der Waals surface area contributed by atoms with E-state index in [2.05, 4.69) is 12.2 Å². The molecule has 0 heterocycles. The fourth-order valence-corrected chi connectivity index (χ4v) is 2.26. The van der Waals surface area contributed by atoms with E-state index in [1.165, 1.54) is 0 Å². The third kappa shape index (κ3) is 6.84. The number of aliphatic carboxylic acids is 1. The van der Waals surface area contributed by atoms with Crippen LogP contribution in [0.1, 0.15) is 25.3 Å². The zero-order chi connectivity index (χ0) is 18.8. The maximum Gasteiger partial charge on any atom is 0.341 e. The van der Waals surface area contributed by atoms with Crippen LogP contribution >= 0.6 is 0 Å². The molecule has 0 saturated carbocycles. The minimum absolute atomic E-state index is 0.119. The van der Waals surface area contributed by atoms with Gasteiger partial charge in [-0.1, -0.05) is 25.1 Å². The maximum atomic E-state index is 12.1. The van der Waals surface area contributed by atoms with Crippen LogP contribution in [0.3, 0.4) is 0 Å². The van der Waals surface area contributed by atoms with E-state index >= 15 is 0 Å². The van der Waals surface area contributed by atoms with Gasteiger partial charge >= 0.3 is 5.97 Å². The highest BCUT2D eigenvalue weighted by molar-refractivity contribution is 5.91. The lowest BCUT2D eigenvalue weighted by Gasteiger charge is -2.09. The molecule has 2 N–H and O–H groups in total. The summed E-state index contributed by atoms with van der Waals surface area (Å²) in [4.78, 5) is 22.6. The van der Waals surface area contributed by atoms with Gasteiger partial charge in [-0.15, -0.1) is 0 Å². The van der Waals surface area contributed by atoms with Crippen molar-refractivity contribution in [2.45, 2.75) is 26.2 Å². The zero-order valence-corrected chi connectivity index (χ0v) is 14.7. The molecule has 0 aliphatic rings. The van der Waals surface area contributed by atoms with Gasteiger partial charge in [-0.3, -0.25) is 4.79 Å². The number of carbonyl (C=O) groups excluding carboxylic acids is 1. The topological polar surface area (TPSA) is 84.9 Å². The largest absolute Gasteiger partial charge is 0.494 e. The fourth-order valence-electron chi connectivity index (χ4n) is 2.26. The second-order valence-corrected chi connectivity index (χ2v) is 5.75. The molecule has 0 atom stereocenters. The number of rotatable bonds is 10. The lowest BCUT2D eigenvalue weighted by atomic mass is 10.1. The number of nitrogens with one attached hydrogen (secondary N) is 1.